The monoisotopic (exact) mass is 526 g/mol. The highest BCUT2D eigenvalue weighted by molar-refractivity contribution is 6.35. The summed E-state index contributed by atoms with van der Waals surface area (Å²) in [5.41, 5.74) is 2.65. The summed E-state index contributed by atoms with van der Waals surface area (Å²) >= 11 is 12.5. The maximum atomic E-state index is 13.7. The fraction of sp³-hybridized carbons (Fsp3) is 0.310. The number of rotatable bonds is 11. The minimum absolute atomic E-state index is 0.138. The van der Waals surface area contributed by atoms with E-state index in [1.807, 2.05) is 61.5 Å². The molecule has 0 aliphatic heterocycles. The highest BCUT2D eigenvalue weighted by Gasteiger charge is 2.31. The maximum Gasteiger partial charge on any atom is 0.261 e. The van der Waals surface area contributed by atoms with Gasteiger partial charge in [0.15, 0.2) is 6.61 Å². The van der Waals surface area contributed by atoms with E-state index >= 15 is 0 Å². The van der Waals surface area contributed by atoms with E-state index < -0.39 is 6.04 Å². The largest absolute Gasteiger partial charge is 0.483 e. The molecular formula is C29H32Cl2N2O3. The Kier molecular flexibility index (Phi) is 10.2. The van der Waals surface area contributed by atoms with Crippen LogP contribution in [0.3, 0.4) is 0 Å². The van der Waals surface area contributed by atoms with Crippen molar-refractivity contribution in [3.63, 3.8) is 0 Å². The SMILES string of the molecule is CCNC(=O)[C@@H](Cc1ccccc1)N(Cc1ccc(Cl)cc1Cl)C(=O)COc1ccccc1C(C)C. The van der Waals surface area contributed by atoms with Crippen LogP contribution in [0.5, 0.6) is 5.75 Å². The van der Waals surface area contributed by atoms with Crippen LogP contribution < -0.4 is 10.1 Å². The smallest absolute Gasteiger partial charge is 0.261 e. The molecule has 3 aromatic rings. The molecule has 0 bridgehead atoms. The van der Waals surface area contributed by atoms with Gasteiger partial charge in [-0.2, -0.15) is 0 Å². The molecule has 0 saturated heterocycles. The summed E-state index contributed by atoms with van der Waals surface area (Å²) in [5, 5.41) is 3.81. The lowest BCUT2D eigenvalue weighted by Gasteiger charge is -2.31. The van der Waals surface area contributed by atoms with Gasteiger partial charge in [-0.15, -0.1) is 0 Å². The van der Waals surface area contributed by atoms with E-state index in [1.165, 1.54) is 0 Å². The third kappa shape index (κ3) is 7.49. The van der Waals surface area contributed by atoms with E-state index in [-0.39, 0.29) is 30.9 Å². The number of hydrogen-bond donors (Lipinski definition) is 1. The summed E-state index contributed by atoms with van der Waals surface area (Å²) in [6, 6.07) is 21.7. The van der Waals surface area contributed by atoms with Crippen molar-refractivity contribution in [1.29, 1.82) is 0 Å². The molecular weight excluding hydrogens is 495 g/mol. The van der Waals surface area contributed by atoms with Gasteiger partial charge in [-0.05, 0) is 47.7 Å². The zero-order valence-corrected chi connectivity index (χ0v) is 22.4. The highest BCUT2D eigenvalue weighted by atomic mass is 35.5. The van der Waals surface area contributed by atoms with Crippen LogP contribution in [0.1, 0.15) is 43.4 Å². The quantitative estimate of drug-likeness (QED) is 0.320. The van der Waals surface area contributed by atoms with Gasteiger partial charge in [-0.3, -0.25) is 9.59 Å². The zero-order chi connectivity index (χ0) is 26.1. The molecule has 0 aromatic heterocycles. The summed E-state index contributed by atoms with van der Waals surface area (Å²) in [7, 11) is 0. The number of likely N-dealkylation sites (N-methyl/N-ethyl adjacent to an activating group) is 1. The first-order chi connectivity index (χ1) is 17.3. The van der Waals surface area contributed by atoms with Gasteiger partial charge >= 0.3 is 0 Å². The number of nitrogens with one attached hydrogen (secondary N) is 1. The first-order valence-electron chi connectivity index (χ1n) is 12.1. The molecule has 36 heavy (non-hydrogen) atoms. The summed E-state index contributed by atoms with van der Waals surface area (Å²) in [5.74, 6) is 0.346. The lowest BCUT2D eigenvalue weighted by Crippen LogP contribution is -2.51. The van der Waals surface area contributed by atoms with Gasteiger partial charge in [0.2, 0.25) is 5.91 Å². The summed E-state index contributed by atoms with van der Waals surface area (Å²) < 4.78 is 5.99. The average Bonchev–Trinajstić information content (AvgIpc) is 2.86. The molecule has 0 fully saturated rings. The number of halogens is 2. The first-order valence-corrected chi connectivity index (χ1v) is 12.8. The maximum absolute atomic E-state index is 13.7. The second kappa shape index (κ2) is 13.3. The summed E-state index contributed by atoms with van der Waals surface area (Å²) in [6.07, 6.45) is 0.353. The Morgan fingerprint density at radius 1 is 0.972 bits per heavy atom. The number of benzene rings is 3. The van der Waals surface area contributed by atoms with Crippen molar-refractivity contribution in [1.82, 2.24) is 10.2 Å². The normalized spacial score (nSPS) is 11.7. The molecule has 0 aliphatic rings. The predicted molar refractivity (Wildman–Crippen MR) is 146 cm³/mol. The number of hydrogen-bond acceptors (Lipinski definition) is 3. The second-order valence-electron chi connectivity index (χ2n) is 8.84. The van der Waals surface area contributed by atoms with Gasteiger partial charge in [0.25, 0.3) is 5.91 Å². The molecule has 1 N–H and O–H groups in total. The highest BCUT2D eigenvalue weighted by Crippen LogP contribution is 2.27. The molecule has 1 atom stereocenters. The number of carbonyl (C=O) groups is 2. The molecule has 190 valence electrons. The van der Waals surface area contributed by atoms with Crippen molar-refractivity contribution in [3.8, 4) is 5.75 Å². The Balaban J connectivity index is 1.94. The van der Waals surface area contributed by atoms with E-state index in [9.17, 15) is 9.59 Å². The fourth-order valence-corrected chi connectivity index (χ4v) is 4.46. The molecule has 3 aromatic carbocycles. The number of carbonyl (C=O) groups excluding carboxylic acids is 2. The van der Waals surface area contributed by atoms with Gasteiger partial charge in [0, 0.05) is 29.6 Å². The molecule has 0 radical (unpaired) electrons. The second-order valence-corrected chi connectivity index (χ2v) is 9.68. The minimum atomic E-state index is -0.754. The Morgan fingerprint density at radius 3 is 2.33 bits per heavy atom. The van der Waals surface area contributed by atoms with Crippen molar-refractivity contribution in [3.05, 3.63) is 99.5 Å². The standard InChI is InChI=1S/C29H32Cl2N2O3/c1-4-32-29(35)26(16-21-10-6-5-7-11-21)33(18-22-14-15-23(30)17-25(22)31)28(34)19-36-27-13-9-8-12-24(27)20(2)3/h5-15,17,20,26H,4,16,18-19H2,1-3H3,(H,32,35)/t26-/m1/s1. The average molecular weight is 527 g/mol. The number of ether oxygens (including phenoxy) is 1. The third-order valence-electron chi connectivity index (χ3n) is 5.87. The Hall–Kier alpha value is -3.02. The summed E-state index contributed by atoms with van der Waals surface area (Å²) in [6.45, 7) is 6.38. The molecule has 0 heterocycles. The van der Waals surface area contributed by atoms with Crippen LogP contribution in [0.4, 0.5) is 0 Å². The van der Waals surface area contributed by atoms with E-state index in [0.717, 1.165) is 11.1 Å². The van der Waals surface area contributed by atoms with Crippen LogP contribution >= 0.6 is 23.2 Å². The van der Waals surface area contributed by atoms with Crippen molar-refractivity contribution < 1.29 is 14.3 Å². The lowest BCUT2D eigenvalue weighted by atomic mass is 10.0. The van der Waals surface area contributed by atoms with Gasteiger partial charge < -0.3 is 15.0 Å². The summed E-state index contributed by atoms with van der Waals surface area (Å²) in [4.78, 5) is 28.5. The van der Waals surface area contributed by atoms with Crippen LogP contribution in [0.2, 0.25) is 10.0 Å². The van der Waals surface area contributed by atoms with E-state index in [0.29, 0.717) is 34.3 Å². The van der Waals surface area contributed by atoms with Crippen LogP contribution in [-0.4, -0.2) is 35.9 Å². The van der Waals surface area contributed by atoms with Crippen molar-refractivity contribution >= 4 is 35.0 Å². The lowest BCUT2D eigenvalue weighted by molar-refractivity contribution is -0.142. The minimum Gasteiger partial charge on any atom is -0.483 e. The number of nitrogens with zero attached hydrogens (tertiary/aromatic N) is 1. The molecule has 0 spiro atoms. The fourth-order valence-electron chi connectivity index (χ4n) is 3.99. The number of amides is 2. The molecule has 3 rings (SSSR count). The van der Waals surface area contributed by atoms with Crippen molar-refractivity contribution in [2.75, 3.05) is 13.2 Å². The topological polar surface area (TPSA) is 58.6 Å². The Labute approximate surface area is 223 Å². The van der Waals surface area contributed by atoms with E-state index in [2.05, 4.69) is 19.2 Å². The van der Waals surface area contributed by atoms with Crippen LogP contribution in [0.15, 0.2) is 72.8 Å². The van der Waals surface area contributed by atoms with Gasteiger partial charge in [-0.25, -0.2) is 0 Å². The van der Waals surface area contributed by atoms with Gasteiger partial charge in [0.1, 0.15) is 11.8 Å². The molecule has 0 aliphatic carbocycles. The molecule has 2 amide bonds. The molecule has 0 saturated carbocycles. The van der Waals surface area contributed by atoms with Crippen LogP contribution in [-0.2, 0) is 22.6 Å². The van der Waals surface area contributed by atoms with Crippen molar-refractivity contribution in [2.45, 2.75) is 45.7 Å². The van der Waals surface area contributed by atoms with Crippen LogP contribution in [0, 0.1) is 0 Å². The van der Waals surface area contributed by atoms with E-state index in [4.69, 9.17) is 27.9 Å². The Bertz CT molecular complexity index is 1170. The van der Waals surface area contributed by atoms with Crippen LogP contribution in [0.25, 0.3) is 0 Å². The Morgan fingerprint density at radius 2 is 1.67 bits per heavy atom. The first kappa shape index (κ1) is 27.6. The third-order valence-corrected chi connectivity index (χ3v) is 6.46. The molecule has 0 unspecified atom stereocenters. The molecule has 7 heteroatoms. The van der Waals surface area contributed by atoms with Gasteiger partial charge in [0.05, 0.1) is 0 Å². The predicted octanol–water partition coefficient (Wildman–Crippen LogP) is 6.27. The number of para-hydroxylation sites is 1. The van der Waals surface area contributed by atoms with E-state index in [1.54, 1.807) is 23.1 Å². The molecule has 5 nitrogen and oxygen atoms in total. The van der Waals surface area contributed by atoms with Crippen molar-refractivity contribution in [2.24, 2.45) is 0 Å². The van der Waals surface area contributed by atoms with Gasteiger partial charge in [-0.1, -0.05) is 91.6 Å². The zero-order valence-electron chi connectivity index (χ0n) is 20.8.